The molecule has 1 fully saturated rings. The summed E-state index contributed by atoms with van der Waals surface area (Å²) >= 11 is 0. The molecular formula is C19H24N4O. The molecule has 2 aromatic rings. The van der Waals surface area contributed by atoms with E-state index in [1.165, 1.54) is 25.6 Å². The molecule has 1 aromatic heterocycles. The molecule has 5 heteroatoms. The van der Waals surface area contributed by atoms with E-state index in [0.717, 1.165) is 23.2 Å². The van der Waals surface area contributed by atoms with Crippen molar-refractivity contribution >= 4 is 6.03 Å². The molecule has 3 rings (SSSR count). The van der Waals surface area contributed by atoms with Crippen LogP contribution >= 0.6 is 0 Å². The van der Waals surface area contributed by atoms with E-state index in [2.05, 4.69) is 15.3 Å². The van der Waals surface area contributed by atoms with Crippen molar-refractivity contribution in [3.63, 3.8) is 0 Å². The maximum atomic E-state index is 12.3. The molecule has 0 aliphatic heterocycles. The predicted octanol–water partition coefficient (Wildman–Crippen LogP) is 3.65. The first-order chi connectivity index (χ1) is 11.6. The molecule has 1 N–H and O–H groups in total. The molecule has 1 heterocycles. The van der Waals surface area contributed by atoms with Crippen molar-refractivity contribution in [2.24, 2.45) is 5.92 Å². The third-order valence-corrected chi connectivity index (χ3v) is 4.75. The summed E-state index contributed by atoms with van der Waals surface area (Å²) in [4.78, 5) is 22.2. The first-order valence-corrected chi connectivity index (χ1v) is 8.50. The molecule has 1 aromatic carbocycles. The zero-order valence-corrected chi connectivity index (χ0v) is 14.3. The van der Waals surface area contributed by atoms with E-state index in [1.54, 1.807) is 17.3 Å². The maximum Gasteiger partial charge on any atom is 0.317 e. The third-order valence-electron chi connectivity index (χ3n) is 4.75. The Morgan fingerprint density at radius 3 is 2.46 bits per heavy atom. The highest BCUT2D eigenvalue weighted by Crippen LogP contribution is 2.27. The Hall–Kier alpha value is -2.43. The van der Waals surface area contributed by atoms with Gasteiger partial charge in [0.25, 0.3) is 0 Å². The van der Waals surface area contributed by atoms with E-state index in [0.29, 0.717) is 5.92 Å². The van der Waals surface area contributed by atoms with Crippen LogP contribution in [-0.2, 0) is 0 Å². The fourth-order valence-corrected chi connectivity index (χ4v) is 2.94. The maximum absolute atomic E-state index is 12.3. The quantitative estimate of drug-likeness (QED) is 0.913. The second-order valence-corrected chi connectivity index (χ2v) is 6.60. The molecule has 0 saturated heterocycles. The second kappa shape index (κ2) is 7.43. The fraction of sp³-hybridized carbons (Fsp3) is 0.421. The lowest BCUT2D eigenvalue weighted by molar-refractivity contribution is 0.180. The van der Waals surface area contributed by atoms with E-state index in [9.17, 15) is 4.79 Å². The molecular weight excluding hydrogens is 300 g/mol. The molecule has 24 heavy (non-hydrogen) atoms. The summed E-state index contributed by atoms with van der Waals surface area (Å²) < 4.78 is 0. The van der Waals surface area contributed by atoms with Crippen molar-refractivity contribution in [3.05, 3.63) is 48.5 Å². The minimum absolute atomic E-state index is 0.00469. The van der Waals surface area contributed by atoms with Gasteiger partial charge in [-0.05, 0) is 36.8 Å². The lowest BCUT2D eigenvalue weighted by atomic mass is 9.85. The van der Waals surface area contributed by atoms with Crippen LogP contribution in [-0.4, -0.2) is 34.5 Å². The van der Waals surface area contributed by atoms with Crippen LogP contribution in [0.4, 0.5) is 4.79 Å². The van der Waals surface area contributed by atoms with E-state index < -0.39 is 0 Å². The molecule has 1 aliphatic carbocycles. The average molecular weight is 324 g/mol. The number of amides is 2. The van der Waals surface area contributed by atoms with Gasteiger partial charge in [0.05, 0.1) is 6.04 Å². The van der Waals surface area contributed by atoms with Gasteiger partial charge in [-0.15, -0.1) is 0 Å². The molecule has 1 saturated carbocycles. The summed E-state index contributed by atoms with van der Waals surface area (Å²) in [5, 5.41) is 3.07. The molecule has 0 radical (unpaired) electrons. The van der Waals surface area contributed by atoms with Crippen LogP contribution in [0.2, 0.25) is 0 Å². The van der Waals surface area contributed by atoms with Gasteiger partial charge in [-0.25, -0.2) is 14.8 Å². The molecule has 1 atom stereocenters. The lowest BCUT2D eigenvalue weighted by Crippen LogP contribution is -2.42. The predicted molar refractivity (Wildman–Crippen MR) is 94.4 cm³/mol. The van der Waals surface area contributed by atoms with Crippen LogP contribution in [0.3, 0.4) is 0 Å². The number of nitrogens with zero attached hydrogens (tertiary/aromatic N) is 3. The number of benzene rings is 1. The van der Waals surface area contributed by atoms with Gasteiger partial charge in [0.15, 0.2) is 0 Å². The van der Waals surface area contributed by atoms with Gasteiger partial charge in [-0.1, -0.05) is 30.7 Å². The number of carbonyl (C=O) groups is 1. The van der Waals surface area contributed by atoms with E-state index in [4.69, 9.17) is 0 Å². The first-order valence-electron chi connectivity index (χ1n) is 8.50. The number of rotatable bonds is 5. The molecule has 0 bridgehead atoms. The number of carbonyl (C=O) groups excluding carboxylic acids is 1. The highest BCUT2D eigenvalue weighted by atomic mass is 16.2. The van der Waals surface area contributed by atoms with Crippen molar-refractivity contribution in [2.45, 2.75) is 32.2 Å². The van der Waals surface area contributed by atoms with E-state index >= 15 is 0 Å². The van der Waals surface area contributed by atoms with Crippen LogP contribution in [0.5, 0.6) is 0 Å². The summed E-state index contributed by atoms with van der Waals surface area (Å²) in [6, 6.07) is 8.12. The Labute approximate surface area is 143 Å². The zero-order valence-electron chi connectivity index (χ0n) is 14.3. The van der Waals surface area contributed by atoms with Crippen LogP contribution in [0.15, 0.2) is 43.0 Å². The minimum atomic E-state index is -0.0255. The Morgan fingerprint density at radius 2 is 1.88 bits per heavy atom. The summed E-state index contributed by atoms with van der Waals surface area (Å²) in [6.45, 7) is 2.86. The number of urea groups is 1. The molecule has 2 amide bonds. The standard InChI is InChI=1S/C19H24N4O/c1-14(22-19(24)23(2)12-15-4-3-5-15)16-6-8-17(9-7-16)18-10-20-13-21-11-18/h6-11,13-15H,3-5,12H2,1-2H3,(H,22,24). The van der Waals surface area contributed by atoms with Crippen LogP contribution in [0, 0.1) is 5.92 Å². The molecule has 1 unspecified atom stereocenters. The summed E-state index contributed by atoms with van der Waals surface area (Å²) in [6.07, 6.45) is 8.91. The van der Waals surface area contributed by atoms with Crippen LogP contribution in [0.1, 0.15) is 37.8 Å². The smallest absolute Gasteiger partial charge is 0.317 e. The highest BCUT2D eigenvalue weighted by Gasteiger charge is 2.22. The van der Waals surface area contributed by atoms with Crippen LogP contribution < -0.4 is 5.32 Å². The fourth-order valence-electron chi connectivity index (χ4n) is 2.94. The molecule has 5 nitrogen and oxygen atoms in total. The van der Waals surface area contributed by atoms with Gasteiger partial charge in [0, 0.05) is 31.5 Å². The van der Waals surface area contributed by atoms with Gasteiger partial charge in [-0.3, -0.25) is 0 Å². The average Bonchev–Trinajstić information content (AvgIpc) is 2.58. The van der Waals surface area contributed by atoms with Gasteiger partial charge in [0.1, 0.15) is 6.33 Å². The largest absolute Gasteiger partial charge is 0.331 e. The zero-order chi connectivity index (χ0) is 16.9. The first kappa shape index (κ1) is 16.4. The topological polar surface area (TPSA) is 58.1 Å². The Bertz CT molecular complexity index is 668. The Balaban J connectivity index is 1.58. The highest BCUT2D eigenvalue weighted by molar-refractivity contribution is 5.74. The monoisotopic (exact) mass is 324 g/mol. The number of aromatic nitrogens is 2. The van der Waals surface area contributed by atoms with Gasteiger partial charge in [-0.2, -0.15) is 0 Å². The van der Waals surface area contributed by atoms with E-state index in [-0.39, 0.29) is 12.1 Å². The summed E-state index contributed by atoms with van der Waals surface area (Å²) in [5.74, 6) is 0.684. The van der Waals surface area contributed by atoms with Gasteiger partial charge in [0.2, 0.25) is 0 Å². The number of hydrogen-bond acceptors (Lipinski definition) is 3. The van der Waals surface area contributed by atoms with Crippen molar-refractivity contribution in [3.8, 4) is 11.1 Å². The number of nitrogens with one attached hydrogen (secondary N) is 1. The van der Waals surface area contributed by atoms with Crippen molar-refractivity contribution in [1.29, 1.82) is 0 Å². The Kier molecular flexibility index (Phi) is 5.08. The van der Waals surface area contributed by atoms with Gasteiger partial charge < -0.3 is 10.2 Å². The third kappa shape index (κ3) is 3.91. The molecule has 1 aliphatic rings. The van der Waals surface area contributed by atoms with Gasteiger partial charge >= 0.3 is 6.03 Å². The molecule has 126 valence electrons. The molecule has 0 spiro atoms. The van der Waals surface area contributed by atoms with Crippen molar-refractivity contribution < 1.29 is 4.79 Å². The lowest BCUT2D eigenvalue weighted by Gasteiger charge is -2.30. The minimum Gasteiger partial charge on any atom is -0.331 e. The van der Waals surface area contributed by atoms with Crippen LogP contribution in [0.25, 0.3) is 11.1 Å². The van der Waals surface area contributed by atoms with Crippen molar-refractivity contribution in [1.82, 2.24) is 20.2 Å². The Morgan fingerprint density at radius 1 is 1.21 bits per heavy atom. The normalized spacial score (nSPS) is 15.4. The van der Waals surface area contributed by atoms with E-state index in [1.807, 2.05) is 38.2 Å². The SMILES string of the molecule is CC(NC(=O)N(C)CC1CCC1)c1ccc(-c2cncnc2)cc1. The second-order valence-electron chi connectivity index (χ2n) is 6.60. The summed E-state index contributed by atoms with van der Waals surface area (Å²) in [7, 11) is 1.87. The number of hydrogen-bond donors (Lipinski definition) is 1. The van der Waals surface area contributed by atoms with Crippen molar-refractivity contribution in [2.75, 3.05) is 13.6 Å². The summed E-state index contributed by atoms with van der Waals surface area (Å²) in [5.41, 5.74) is 3.14.